The molecule has 0 amide bonds. The fraction of sp³-hybridized carbons (Fsp3) is 0.321. The molecule has 0 bridgehead atoms. The highest BCUT2D eigenvalue weighted by molar-refractivity contribution is 7.93. The predicted molar refractivity (Wildman–Crippen MR) is 145 cm³/mol. The van der Waals surface area contributed by atoms with E-state index in [1.807, 2.05) is 25.1 Å². The van der Waals surface area contributed by atoms with Gasteiger partial charge in [-0.1, -0.05) is 30.7 Å². The zero-order valence-electron chi connectivity index (χ0n) is 21.0. The van der Waals surface area contributed by atoms with Gasteiger partial charge >= 0.3 is 0 Å². The molecule has 2 heterocycles. The first-order valence-corrected chi connectivity index (χ1v) is 14.0. The van der Waals surface area contributed by atoms with Gasteiger partial charge in [-0.2, -0.15) is 0 Å². The SMILES string of the molecule is CCOc1ccc(Cc2cc3cc(N(C)S(=O)(=O)c4ccccc4N=O)cnc3n2CC2CCC2)cc1. The van der Waals surface area contributed by atoms with Crippen molar-refractivity contribution >= 4 is 32.4 Å². The Morgan fingerprint density at radius 3 is 2.54 bits per heavy atom. The lowest BCUT2D eigenvalue weighted by atomic mass is 9.85. The molecule has 0 spiro atoms. The summed E-state index contributed by atoms with van der Waals surface area (Å²) < 4.78 is 35.6. The Morgan fingerprint density at radius 2 is 1.86 bits per heavy atom. The van der Waals surface area contributed by atoms with Crippen LogP contribution in [0.2, 0.25) is 0 Å². The van der Waals surface area contributed by atoms with Gasteiger partial charge in [-0.15, -0.1) is 4.91 Å². The summed E-state index contributed by atoms with van der Waals surface area (Å²) in [5.41, 5.74) is 3.45. The van der Waals surface area contributed by atoms with Gasteiger partial charge in [-0.25, -0.2) is 13.4 Å². The molecule has 0 saturated heterocycles. The van der Waals surface area contributed by atoms with Crippen molar-refractivity contribution in [1.82, 2.24) is 9.55 Å². The van der Waals surface area contributed by atoms with Crippen LogP contribution in [0.1, 0.15) is 37.4 Å². The first-order chi connectivity index (χ1) is 17.9. The van der Waals surface area contributed by atoms with Crippen LogP contribution in [0.4, 0.5) is 11.4 Å². The first-order valence-electron chi connectivity index (χ1n) is 12.5. The molecule has 2 aromatic heterocycles. The molecule has 1 aliphatic rings. The number of ether oxygens (including phenoxy) is 1. The van der Waals surface area contributed by atoms with E-state index in [0.29, 0.717) is 18.2 Å². The predicted octanol–water partition coefficient (Wildman–Crippen LogP) is 6.05. The topological polar surface area (TPSA) is 93.9 Å². The minimum Gasteiger partial charge on any atom is -0.494 e. The van der Waals surface area contributed by atoms with E-state index in [1.165, 1.54) is 44.0 Å². The van der Waals surface area contributed by atoms with Gasteiger partial charge in [0.05, 0.1) is 18.5 Å². The number of nitroso groups, excluding NO2 is 1. The highest BCUT2D eigenvalue weighted by atomic mass is 32.2. The fourth-order valence-electron chi connectivity index (χ4n) is 4.76. The lowest BCUT2D eigenvalue weighted by Gasteiger charge is -2.27. The first kappa shape index (κ1) is 25.0. The Morgan fingerprint density at radius 1 is 1.11 bits per heavy atom. The molecule has 9 heteroatoms. The van der Waals surface area contributed by atoms with Crippen LogP contribution >= 0.6 is 0 Å². The Labute approximate surface area is 216 Å². The maximum atomic E-state index is 13.3. The summed E-state index contributed by atoms with van der Waals surface area (Å²) in [6, 6.07) is 18.0. The number of aromatic nitrogens is 2. The molecule has 5 rings (SSSR count). The molecule has 2 aromatic carbocycles. The number of hydrogen-bond donors (Lipinski definition) is 0. The molecule has 0 N–H and O–H groups in total. The number of rotatable bonds is 10. The van der Waals surface area contributed by atoms with E-state index in [2.05, 4.69) is 27.9 Å². The summed E-state index contributed by atoms with van der Waals surface area (Å²) in [6.07, 6.45) is 6.00. The van der Waals surface area contributed by atoms with Crippen LogP contribution in [0.25, 0.3) is 11.0 Å². The van der Waals surface area contributed by atoms with Crippen molar-refractivity contribution in [3.63, 3.8) is 0 Å². The lowest BCUT2D eigenvalue weighted by Crippen LogP contribution is -2.26. The number of nitrogens with zero attached hydrogens (tertiary/aromatic N) is 4. The van der Waals surface area contributed by atoms with Crippen molar-refractivity contribution in [3.05, 3.63) is 83.0 Å². The van der Waals surface area contributed by atoms with E-state index >= 15 is 0 Å². The maximum absolute atomic E-state index is 13.3. The van der Waals surface area contributed by atoms with Crippen LogP contribution in [-0.4, -0.2) is 31.6 Å². The van der Waals surface area contributed by atoms with E-state index in [1.54, 1.807) is 18.3 Å². The third-order valence-corrected chi connectivity index (χ3v) is 8.89. The summed E-state index contributed by atoms with van der Waals surface area (Å²) >= 11 is 0. The van der Waals surface area contributed by atoms with Crippen LogP contribution < -0.4 is 9.04 Å². The Kier molecular flexibility index (Phi) is 6.97. The van der Waals surface area contributed by atoms with Crippen LogP contribution in [0.3, 0.4) is 0 Å². The highest BCUT2D eigenvalue weighted by Gasteiger charge is 2.26. The largest absolute Gasteiger partial charge is 0.494 e. The quantitative estimate of drug-likeness (QED) is 0.238. The zero-order chi connectivity index (χ0) is 26.0. The van der Waals surface area contributed by atoms with Gasteiger partial charge in [0.15, 0.2) is 0 Å². The van der Waals surface area contributed by atoms with Crippen molar-refractivity contribution in [2.24, 2.45) is 11.1 Å². The third kappa shape index (κ3) is 4.96. The summed E-state index contributed by atoms with van der Waals surface area (Å²) in [5.74, 6) is 1.48. The molecule has 8 nitrogen and oxygen atoms in total. The summed E-state index contributed by atoms with van der Waals surface area (Å²) in [6.45, 7) is 3.49. The van der Waals surface area contributed by atoms with Gasteiger partial charge in [0.2, 0.25) is 0 Å². The second-order valence-corrected chi connectivity index (χ2v) is 11.4. The van der Waals surface area contributed by atoms with Gasteiger partial charge in [0.25, 0.3) is 10.0 Å². The molecule has 0 aliphatic heterocycles. The average Bonchev–Trinajstić information content (AvgIpc) is 3.22. The maximum Gasteiger partial charge on any atom is 0.266 e. The minimum absolute atomic E-state index is 0.118. The zero-order valence-corrected chi connectivity index (χ0v) is 21.8. The monoisotopic (exact) mass is 518 g/mol. The van der Waals surface area contributed by atoms with Crippen molar-refractivity contribution in [1.29, 1.82) is 0 Å². The Hall–Kier alpha value is -3.72. The molecule has 1 aliphatic carbocycles. The summed E-state index contributed by atoms with van der Waals surface area (Å²) in [7, 11) is -2.53. The Balaban J connectivity index is 1.50. The lowest BCUT2D eigenvalue weighted by molar-refractivity contribution is 0.277. The van der Waals surface area contributed by atoms with E-state index in [0.717, 1.165) is 39.7 Å². The van der Waals surface area contributed by atoms with Crippen molar-refractivity contribution in [3.8, 4) is 5.75 Å². The second-order valence-electron chi connectivity index (χ2n) is 9.43. The van der Waals surface area contributed by atoms with Crippen LogP contribution in [0, 0.1) is 10.8 Å². The summed E-state index contributed by atoms with van der Waals surface area (Å²) in [5, 5.41) is 3.77. The Bertz CT molecular complexity index is 1530. The van der Waals surface area contributed by atoms with E-state index in [4.69, 9.17) is 9.72 Å². The normalized spacial score (nSPS) is 13.9. The molecule has 0 unspecified atom stereocenters. The number of fused-ring (bicyclic) bond motifs is 1. The molecular formula is C28H30N4O4S. The van der Waals surface area contributed by atoms with Crippen molar-refractivity contribution in [2.45, 2.75) is 44.0 Å². The van der Waals surface area contributed by atoms with Gasteiger partial charge in [-0.3, -0.25) is 4.31 Å². The number of sulfonamides is 1. The summed E-state index contributed by atoms with van der Waals surface area (Å²) in [4.78, 5) is 15.8. The second kappa shape index (κ2) is 10.3. The third-order valence-electron chi connectivity index (χ3n) is 7.06. The van der Waals surface area contributed by atoms with Gasteiger partial charge in [0.1, 0.15) is 22.0 Å². The van der Waals surface area contributed by atoms with Gasteiger partial charge in [-0.05, 0) is 72.8 Å². The van der Waals surface area contributed by atoms with Crippen molar-refractivity contribution in [2.75, 3.05) is 18.0 Å². The van der Waals surface area contributed by atoms with Crippen molar-refractivity contribution < 1.29 is 13.2 Å². The van der Waals surface area contributed by atoms with Crippen LogP contribution in [0.5, 0.6) is 5.75 Å². The average molecular weight is 519 g/mol. The minimum atomic E-state index is -4.00. The molecular weight excluding hydrogens is 488 g/mol. The number of anilines is 1. The molecule has 37 heavy (non-hydrogen) atoms. The van der Waals surface area contributed by atoms with E-state index < -0.39 is 10.0 Å². The number of hydrogen-bond acceptors (Lipinski definition) is 6. The molecule has 4 aromatic rings. The number of benzene rings is 2. The molecule has 192 valence electrons. The smallest absolute Gasteiger partial charge is 0.266 e. The fourth-order valence-corrected chi connectivity index (χ4v) is 6.05. The molecule has 1 saturated carbocycles. The molecule has 0 radical (unpaired) electrons. The van der Waals surface area contributed by atoms with E-state index in [9.17, 15) is 13.3 Å². The standard InChI is InChI=1S/C28H30N4O4S/c1-3-36-25-13-11-20(12-14-25)15-23-16-22-17-24(18-29-28(22)32(23)19-21-7-6-8-21)31(2)37(34,35)27-10-5-4-9-26(27)30-33/h4-5,9-14,16-18,21H,3,6-8,15,19H2,1-2H3. The molecule has 0 atom stereocenters. The van der Waals surface area contributed by atoms with Crippen LogP contribution in [-0.2, 0) is 23.0 Å². The van der Waals surface area contributed by atoms with Gasteiger partial charge < -0.3 is 9.30 Å². The van der Waals surface area contributed by atoms with Gasteiger partial charge in [0, 0.05) is 31.1 Å². The molecule has 1 fully saturated rings. The van der Waals surface area contributed by atoms with Crippen LogP contribution in [0.15, 0.2) is 76.9 Å². The number of pyridine rings is 1. The van der Waals surface area contributed by atoms with E-state index in [-0.39, 0.29) is 10.6 Å². The highest BCUT2D eigenvalue weighted by Crippen LogP contribution is 2.34.